The van der Waals surface area contributed by atoms with Crippen molar-refractivity contribution in [1.82, 2.24) is 10.2 Å². The number of amides is 1. The fourth-order valence-electron chi connectivity index (χ4n) is 2.99. The topological polar surface area (TPSA) is 32.3 Å². The molecule has 2 saturated heterocycles. The van der Waals surface area contributed by atoms with Gasteiger partial charge >= 0.3 is 0 Å². The van der Waals surface area contributed by atoms with Crippen molar-refractivity contribution in [3.05, 3.63) is 35.9 Å². The first-order chi connectivity index (χ1) is 8.30. The second kappa shape index (κ2) is 4.15. The van der Waals surface area contributed by atoms with Crippen molar-refractivity contribution in [3.63, 3.8) is 0 Å². The number of carbonyl (C=O) groups excluding carboxylic acids is 1. The van der Waals surface area contributed by atoms with Crippen LogP contribution in [0, 0.1) is 0 Å². The molecule has 17 heavy (non-hydrogen) atoms. The van der Waals surface area contributed by atoms with Crippen molar-refractivity contribution in [2.24, 2.45) is 0 Å². The van der Waals surface area contributed by atoms with Crippen LogP contribution >= 0.6 is 0 Å². The maximum Gasteiger partial charge on any atom is 0.243 e. The van der Waals surface area contributed by atoms with Gasteiger partial charge in [-0.2, -0.15) is 0 Å². The lowest BCUT2D eigenvalue weighted by Crippen LogP contribution is -2.47. The van der Waals surface area contributed by atoms with Gasteiger partial charge in [0.2, 0.25) is 5.91 Å². The average molecular weight is 230 g/mol. The van der Waals surface area contributed by atoms with Crippen LogP contribution in [0.1, 0.15) is 24.8 Å². The minimum absolute atomic E-state index is 0.214. The van der Waals surface area contributed by atoms with E-state index in [9.17, 15) is 4.79 Å². The molecule has 0 saturated carbocycles. The fraction of sp³-hybridized carbons (Fsp3) is 0.500. The van der Waals surface area contributed by atoms with Crippen LogP contribution in [0.5, 0.6) is 0 Å². The molecule has 0 radical (unpaired) electrons. The highest BCUT2D eigenvalue weighted by Crippen LogP contribution is 2.31. The molecular formula is C14H18N2O. The van der Waals surface area contributed by atoms with Crippen LogP contribution in [-0.4, -0.2) is 29.4 Å². The maximum absolute atomic E-state index is 12.4. The van der Waals surface area contributed by atoms with Gasteiger partial charge in [-0.05, 0) is 31.4 Å². The van der Waals surface area contributed by atoms with E-state index in [1.54, 1.807) is 0 Å². The summed E-state index contributed by atoms with van der Waals surface area (Å²) >= 11 is 0. The number of benzene rings is 1. The molecule has 0 aliphatic carbocycles. The average Bonchev–Trinajstić information content (AvgIpc) is 2.95. The minimum atomic E-state index is -0.214. The molecule has 90 valence electrons. The van der Waals surface area contributed by atoms with Gasteiger partial charge in [-0.3, -0.25) is 4.79 Å². The Bertz CT molecular complexity index is 409. The third-order valence-corrected chi connectivity index (χ3v) is 3.97. The van der Waals surface area contributed by atoms with Gasteiger partial charge in [0.15, 0.2) is 0 Å². The third kappa shape index (κ3) is 1.84. The Morgan fingerprint density at radius 3 is 2.76 bits per heavy atom. The van der Waals surface area contributed by atoms with Gasteiger partial charge in [0, 0.05) is 13.1 Å². The summed E-state index contributed by atoms with van der Waals surface area (Å²) in [4.78, 5) is 14.4. The van der Waals surface area contributed by atoms with Crippen LogP contribution in [0.15, 0.2) is 30.3 Å². The van der Waals surface area contributed by atoms with E-state index in [2.05, 4.69) is 17.4 Å². The highest BCUT2D eigenvalue weighted by Gasteiger charge is 2.47. The molecule has 0 bridgehead atoms. The molecule has 1 unspecified atom stereocenters. The highest BCUT2D eigenvalue weighted by atomic mass is 16.2. The lowest BCUT2D eigenvalue weighted by atomic mass is 9.96. The smallest absolute Gasteiger partial charge is 0.243 e. The standard InChI is InChI=1S/C14H18N2O/c17-13-14(7-4-9-15-14)8-10-16(13)11-12-5-2-1-3-6-12/h1-3,5-6,15H,4,7-11H2. The Balaban J connectivity index is 1.72. The van der Waals surface area contributed by atoms with Crippen molar-refractivity contribution in [2.75, 3.05) is 13.1 Å². The summed E-state index contributed by atoms with van der Waals surface area (Å²) in [5.74, 6) is 0.304. The van der Waals surface area contributed by atoms with Crippen LogP contribution < -0.4 is 5.32 Å². The minimum Gasteiger partial charge on any atom is -0.337 e. The zero-order valence-electron chi connectivity index (χ0n) is 9.98. The molecule has 1 spiro atoms. The van der Waals surface area contributed by atoms with Gasteiger partial charge < -0.3 is 10.2 Å². The van der Waals surface area contributed by atoms with E-state index in [-0.39, 0.29) is 5.54 Å². The van der Waals surface area contributed by atoms with Gasteiger partial charge in [0.05, 0.1) is 5.54 Å². The first kappa shape index (κ1) is 10.8. The van der Waals surface area contributed by atoms with E-state index in [0.717, 1.165) is 38.9 Å². The van der Waals surface area contributed by atoms with Gasteiger partial charge in [-0.15, -0.1) is 0 Å². The molecular weight excluding hydrogens is 212 g/mol. The summed E-state index contributed by atoms with van der Waals surface area (Å²) in [6.45, 7) is 2.63. The van der Waals surface area contributed by atoms with E-state index >= 15 is 0 Å². The summed E-state index contributed by atoms with van der Waals surface area (Å²) in [5.41, 5.74) is 1.00. The molecule has 3 heteroatoms. The van der Waals surface area contributed by atoms with Crippen molar-refractivity contribution in [2.45, 2.75) is 31.3 Å². The van der Waals surface area contributed by atoms with Crippen LogP contribution in [0.3, 0.4) is 0 Å². The van der Waals surface area contributed by atoms with E-state index in [1.165, 1.54) is 5.56 Å². The summed E-state index contributed by atoms with van der Waals surface area (Å²) in [6.07, 6.45) is 3.11. The molecule has 1 aromatic rings. The Morgan fingerprint density at radius 2 is 2.06 bits per heavy atom. The van der Waals surface area contributed by atoms with E-state index in [1.807, 2.05) is 23.1 Å². The highest BCUT2D eigenvalue weighted by molar-refractivity contribution is 5.88. The molecule has 1 N–H and O–H groups in total. The van der Waals surface area contributed by atoms with Crippen LogP contribution in [0.2, 0.25) is 0 Å². The predicted molar refractivity (Wildman–Crippen MR) is 66.4 cm³/mol. The van der Waals surface area contributed by atoms with Crippen molar-refractivity contribution < 1.29 is 4.79 Å². The molecule has 1 aromatic carbocycles. The second-order valence-electron chi connectivity index (χ2n) is 5.07. The normalized spacial score (nSPS) is 28.2. The molecule has 2 aliphatic rings. The monoisotopic (exact) mass is 230 g/mol. The van der Waals surface area contributed by atoms with Crippen molar-refractivity contribution in [3.8, 4) is 0 Å². The lowest BCUT2D eigenvalue weighted by molar-refractivity contribution is -0.133. The summed E-state index contributed by atoms with van der Waals surface area (Å²) in [5, 5.41) is 3.41. The number of likely N-dealkylation sites (tertiary alicyclic amines) is 1. The third-order valence-electron chi connectivity index (χ3n) is 3.97. The number of rotatable bonds is 2. The quantitative estimate of drug-likeness (QED) is 0.836. The Labute approximate surface area is 102 Å². The zero-order valence-corrected chi connectivity index (χ0v) is 9.98. The number of hydrogen-bond acceptors (Lipinski definition) is 2. The molecule has 2 fully saturated rings. The molecule has 2 aliphatic heterocycles. The van der Waals surface area contributed by atoms with Crippen molar-refractivity contribution in [1.29, 1.82) is 0 Å². The molecule has 2 heterocycles. The SMILES string of the molecule is O=C1N(Cc2ccccc2)CCC12CCCN2. The van der Waals surface area contributed by atoms with Gasteiger partial charge in [-0.25, -0.2) is 0 Å². The van der Waals surface area contributed by atoms with E-state index in [4.69, 9.17) is 0 Å². The summed E-state index contributed by atoms with van der Waals surface area (Å²) in [6, 6.07) is 10.2. The molecule has 3 rings (SSSR count). The van der Waals surface area contributed by atoms with Crippen LogP contribution in [-0.2, 0) is 11.3 Å². The summed E-state index contributed by atoms with van der Waals surface area (Å²) in [7, 11) is 0. The molecule has 0 aromatic heterocycles. The molecule has 3 nitrogen and oxygen atoms in total. The first-order valence-corrected chi connectivity index (χ1v) is 6.39. The number of nitrogens with one attached hydrogen (secondary N) is 1. The van der Waals surface area contributed by atoms with Gasteiger partial charge in [0.1, 0.15) is 0 Å². The van der Waals surface area contributed by atoms with Crippen LogP contribution in [0.25, 0.3) is 0 Å². The summed E-state index contributed by atoms with van der Waals surface area (Å²) < 4.78 is 0. The Morgan fingerprint density at radius 1 is 1.24 bits per heavy atom. The molecule has 1 amide bonds. The van der Waals surface area contributed by atoms with Gasteiger partial charge in [0.25, 0.3) is 0 Å². The number of nitrogens with zero attached hydrogens (tertiary/aromatic N) is 1. The Kier molecular flexibility index (Phi) is 2.63. The van der Waals surface area contributed by atoms with E-state index < -0.39 is 0 Å². The predicted octanol–water partition coefficient (Wildman–Crippen LogP) is 1.54. The maximum atomic E-state index is 12.4. The zero-order chi connectivity index (χ0) is 11.7. The largest absolute Gasteiger partial charge is 0.337 e. The van der Waals surface area contributed by atoms with Gasteiger partial charge in [-0.1, -0.05) is 30.3 Å². The Hall–Kier alpha value is -1.35. The van der Waals surface area contributed by atoms with Crippen molar-refractivity contribution >= 4 is 5.91 Å². The van der Waals surface area contributed by atoms with E-state index in [0.29, 0.717) is 5.91 Å². The first-order valence-electron chi connectivity index (χ1n) is 6.39. The lowest BCUT2D eigenvalue weighted by Gasteiger charge is -2.23. The fourth-order valence-corrected chi connectivity index (χ4v) is 2.99. The van der Waals surface area contributed by atoms with Crippen LogP contribution in [0.4, 0.5) is 0 Å². The number of carbonyl (C=O) groups is 1. The molecule has 1 atom stereocenters. The number of hydrogen-bond donors (Lipinski definition) is 1. The second-order valence-corrected chi connectivity index (χ2v) is 5.07.